The summed E-state index contributed by atoms with van der Waals surface area (Å²) in [5.74, 6) is 0.249. The summed E-state index contributed by atoms with van der Waals surface area (Å²) >= 11 is 0. The van der Waals surface area contributed by atoms with Gasteiger partial charge in [-0.3, -0.25) is 9.59 Å². The molecular formula is C21H24N4O3. The standard InChI is InChI=1S/C21H24N4O3/c1-21(2,19(27)28-3)16-5-7-17(8-6-16)24-18(26)15-9-13-25(14-10-15)20-22-11-4-12-23-20/h4-9,11-12H,10,13-14H2,1-3H3,(H,24,26). The van der Waals surface area contributed by atoms with Gasteiger partial charge in [0, 0.05) is 36.7 Å². The molecule has 1 aromatic carbocycles. The third-order valence-corrected chi connectivity index (χ3v) is 4.90. The molecule has 0 spiro atoms. The van der Waals surface area contributed by atoms with Crippen LogP contribution in [-0.2, 0) is 19.7 Å². The highest BCUT2D eigenvalue weighted by atomic mass is 16.5. The van der Waals surface area contributed by atoms with Crippen molar-refractivity contribution >= 4 is 23.5 Å². The number of nitrogens with zero attached hydrogens (tertiary/aromatic N) is 3. The molecule has 7 nitrogen and oxygen atoms in total. The van der Waals surface area contributed by atoms with Crippen LogP contribution < -0.4 is 10.2 Å². The van der Waals surface area contributed by atoms with Gasteiger partial charge in [0.15, 0.2) is 0 Å². The average molecular weight is 380 g/mol. The van der Waals surface area contributed by atoms with Crippen LogP contribution in [0.15, 0.2) is 54.4 Å². The quantitative estimate of drug-likeness (QED) is 0.803. The van der Waals surface area contributed by atoms with E-state index >= 15 is 0 Å². The van der Waals surface area contributed by atoms with Crippen LogP contribution in [0.5, 0.6) is 0 Å². The molecule has 1 N–H and O–H groups in total. The summed E-state index contributed by atoms with van der Waals surface area (Å²) in [4.78, 5) is 35.0. The van der Waals surface area contributed by atoms with Gasteiger partial charge in [-0.15, -0.1) is 0 Å². The van der Waals surface area contributed by atoms with Crippen molar-refractivity contribution in [2.75, 3.05) is 30.4 Å². The molecule has 7 heteroatoms. The minimum Gasteiger partial charge on any atom is -0.468 e. The molecule has 2 heterocycles. The number of carbonyl (C=O) groups excluding carboxylic acids is 2. The van der Waals surface area contributed by atoms with Gasteiger partial charge in [0.25, 0.3) is 5.91 Å². The molecule has 1 amide bonds. The second kappa shape index (κ2) is 8.21. The molecule has 0 aliphatic carbocycles. The van der Waals surface area contributed by atoms with Crippen molar-refractivity contribution in [1.82, 2.24) is 9.97 Å². The Balaban J connectivity index is 1.62. The van der Waals surface area contributed by atoms with E-state index in [1.165, 1.54) is 7.11 Å². The van der Waals surface area contributed by atoms with Gasteiger partial charge in [-0.1, -0.05) is 18.2 Å². The number of anilines is 2. The molecular weight excluding hydrogens is 356 g/mol. The number of esters is 1. The lowest BCUT2D eigenvalue weighted by molar-refractivity contribution is -0.146. The Morgan fingerprint density at radius 2 is 1.82 bits per heavy atom. The monoisotopic (exact) mass is 380 g/mol. The van der Waals surface area contributed by atoms with E-state index in [9.17, 15) is 9.59 Å². The maximum atomic E-state index is 12.5. The first-order valence-corrected chi connectivity index (χ1v) is 9.13. The molecule has 0 radical (unpaired) electrons. The summed E-state index contributed by atoms with van der Waals surface area (Å²) in [5, 5.41) is 2.91. The van der Waals surface area contributed by atoms with Crippen LogP contribution in [0, 0.1) is 0 Å². The number of hydrogen-bond donors (Lipinski definition) is 1. The molecule has 0 atom stereocenters. The van der Waals surface area contributed by atoms with Gasteiger partial charge >= 0.3 is 5.97 Å². The number of carbonyl (C=O) groups is 2. The molecule has 1 aliphatic rings. The van der Waals surface area contributed by atoms with Crippen LogP contribution in [0.25, 0.3) is 0 Å². The molecule has 0 fully saturated rings. The predicted octanol–water partition coefficient (Wildman–Crippen LogP) is 2.70. The van der Waals surface area contributed by atoms with Gasteiger partial charge in [-0.05, 0) is 44.0 Å². The number of hydrogen-bond acceptors (Lipinski definition) is 6. The van der Waals surface area contributed by atoms with Crippen molar-refractivity contribution in [3.63, 3.8) is 0 Å². The molecule has 28 heavy (non-hydrogen) atoms. The first kappa shape index (κ1) is 19.5. The number of nitrogens with one attached hydrogen (secondary N) is 1. The number of methoxy groups -OCH3 is 1. The molecule has 0 saturated heterocycles. The summed E-state index contributed by atoms with van der Waals surface area (Å²) in [7, 11) is 1.38. The number of ether oxygens (including phenoxy) is 1. The highest BCUT2D eigenvalue weighted by molar-refractivity contribution is 6.04. The maximum Gasteiger partial charge on any atom is 0.315 e. The third kappa shape index (κ3) is 4.19. The van der Waals surface area contributed by atoms with E-state index in [0.717, 1.165) is 11.1 Å². The van der Waals surface area contributed by atoms with Gasteiger partial charge in [0.05, 0.1) is 12.5 Å². The predicted molar refractivity (Wildman–Crippen MR) is 107 cm³/mol. The molecule has 1 aromatic heterocycles. The zero-order valence-electron chi connectivity index (χ0n) is 16.3. The minimum absolute atomic E-state index is 0.117. The van der Waals surface area contributed by atoms with E-state index in [4.69, 9.17) is 4.74 Å². The van der Waals surface area contributed by atoms with Crippen LogP contribution in [0.3, 0.4) is 0 Å². The fourth-order valence-corrected chi connectivity index (χ4v) is 3.07. The Morgan fingerprint density at radius 3 is 2.39 bits per heavy atom. The second-order valence-electron chi connectivity index (χ2n) is 7.12. The highest BCUT2D eigenvalue weighted by Crippen LogP contribution is 2.26. The first-order valence-electron chi connectivity index (χ1n) is 9.13. The van der Waals surface area contributed by atoms with Gasteiger partial charge < -0.3 is 15.0 Å². The average Bonchev–Trinajstić information content (AvgIpc) is 2.74. The number of rotatable bonds is 5. The Labute approximate surface area is 164 Å². The van der Waals surface area contributed by atoms with Crippen molar-refractivity contribution in [2.24, 2.45) is 0 Å². The molecule has 0 bridgehead atoms. The number of amides is 1. The molecule has 146 valence electrons. The van der Waals surface area contributed by atoms with Crippen molar-refractivity contribution in [3.8, 4) is 0 Å². The molecule has 3 rings (SSSR count). The van der Waals surface area contributed by atoms with Crippen LogP contribution in [0.1, 0.15) is 25.8 Å². The SMILES string of the molecule is COC(=O)C(C)(C)c1ccc(NC(=O)C2=CCN(c3ncccn3)CC2)cc1. The summed E-state index contributed by atoms with van der Waals surface area (Å²) in [6.45, 7) is 4.90. The largest absolute Gasteiger partial charge is 0.468 e. The lowest BCUT2D eigenvalue weighted by Crippen LogP contribution is -2.32. The van der Waals surface area contributed by atoms with Gasteiger partial charge in [-0.2, -0.15) is 0 Å². The molecule has 0 saturated carbocycles. The van der Waals surface area contributed by atoms with Gasteiger partial charge in [-0.25, -0.2) is 9.97 Å². The Morgan fingerprint density at radius 1 is 1.14 bits per heavy atom. The number of benzene rings is 1. The maximum absolute atomic E-state index is 12.5. The first-order chi connectivity index (χ1) is 13.4. The van der Waals surface area contributed by atoms with Gasteiger partial charge in [0.2, 0.25) is 5.95 Å². The van der Waals surface area contributed by atoms with Crippen molar-refractivity contribution in [3.05, 3.63) is 59.9 Å². The smallest absolute Gasteiger partial charge is 0.315 e. The second-order valence-corrected chi connectivity index (χ2v) is 7.12. The molecule has 2 aromatic rings. The van der Waals surface area contributed by atoms with E-state index in [2.05, 4.69) is 15.3 Å². The summed E-state index contributed by atoms with van der Waals surface area (Å²) in [6, 6.07) is 9.03. The van der Waals surface area contributed by atoms with E-state index in [1.54, 1.807) is 30.6 Å². The third-order valence-electron chi connectivity index (χ3n) is 4.90. The fourth-order valence-electron chi connectivity index (χ4n) is 3.07. The van der Waals surface area contributed by atoms with E-state index in [0.29, 0.717) is 31.1 Å². The van der Waals surface area contributed by atoms with Crippen LogP contribution >= 0.6 is 0 Å². The van der Waals surface area contributed by atoms with E-state index in [1.807, 2.05) is 37.0 Å². The van der Waals surface area contributed by atoms with Crippen molar-refractivity contribution in [2.45, 2.75) is 25.7 Å². The van der Waals surface area contributed by atoms with Crippen LogP contribution in [0.4, 0.5) is 11.6 Å². The van der Waals surface area contributed by atoms with Gasteiger partial charge in [0.1, 0.15) is 0 Å². The van der Waals surface area contributed by atoms with Crippen molar-refractivity contribution in [1.29, 1.82) is 0 Å². The summed E-state index contributed by atoms with van der Waals surface area (Å²) < 4.78 is 4.86. The fraction of sp³-hybridized carbons (Fsp3) is 0.333. The van der Waals surface area contributed by atoms with Crippen molar-refractivity contribution < 1.29 is 14.3 Å². The zero-order valence-corrected chi connectivity index (χ0v) is 16.3. The summed E-state index contributed by atoms with van der Waals surface area (Å²) in [5.41, 5.74) is 1.51. The van der Waals surface area contributed by atoms with Crippen LogP contribution in [0.2, 0.25) is 0 Å². The van der Waals surface area contributed by atoms with E-state index in [-0.39, 0.29) is 11.9 Å². The Bertz CT molecular complexity index is 876. The summed E-state index contributed by atoms with van der Waals surface area (Å²) in [6.07, 6.45) is 5.94. The minimum atomic E-state index is -0.744. The molecule has 1 aliphatic heterocycles. The Hall–Kier alpha value is -3.22. The normalized spacial score (nSPS) is 14.2. The highest BCUT2D eigenvalue weighted by Gasteiger charge is 2.30. The molecule has 0 unspecified atom stereocenters. The van der Waals surface area contributed by atoms with Crippen LogP contribution in [-0.4, -0.2) is 42.0 Å². The lowest BCUT2D eigenvalue weighted by atomic mass is 9.85. The Kier molecular flexibility index (Phi) is 5.73. The lowest BCUT2D eigenvalue weighted by Gasteiger charge is -2.26. The topological polar surface area (TPSA) is 84.4 Å². The van der Waals surface area contributed by atoms with E-state index < -0.39 is 5.41 Å². The number of aromatic nitrogens is 2. The zero-order chi connectivity index (χ0) is 20.1.